The minimum absolute atomic E-state index is 0.0434. The summed E-state index contributed by atoms with van der Waals surface area (Å²) in [5.74, 6) is 0.333. The summed E-state index contributed by atoms with van der Waals surface area (Å²) in [7, 11) is 3.53. The van der Waals surface area contributed by atoms with Crippen molar-refractivity contribution in [2.24, 2.45) is 5.92 Å². The molecule has 0 unspecified atom stereocenters. The van der Waals surface area contributed by atoms with E-state index in [1.807, 2.05) is 16.8 Å². The molecule has 3 rings (SSSR count). The first-order chi connectivity index (χ1) is 12.8. The van der Waals surface area contributed by atoms with Crippen LogP contribution in [0.15, 0.2) is 24.3 Å². The number of benzene rings is 1. The smallest absolute Gasteiger partial charge is 0.274 e. The largest absolute Gasteiger partial charge is 0.343 e. The second-order valence-electron chi connectivity index (χ2n) is 7.97. The Morgan fingerprint density at radius 2 is 1.96 bits per heavy atom. The molecule has 1 amide bonds. The van der Waals surface area contributed by atoms with Gasteiger partial charge in [0.15, 0.2) is 5.69 Å². The number of halogens is 1. The van der Waals surface area contributed by atoms with Crippen LogP contribution in [0.1, 0.15) is 47.6 Å². The minimum Gasteiger partial charge on any atom is -0.343 e. The highest BCUT2D eigenvalue weighted by atomic mass is 19.1. The number of fused-ring (bicyclic) bond motifs is 1. The maximum atomic E-state index is 13.1. The summed E-state index contributed by atoms with van der Waals surface area (Å²) in [6.07, 6.45) is 1.92. The number of amides is 1. The van der Waals surface area contributed by atoms with Crippen molar-refractivity contribution in [3.8, 4) is 0 Å². The van der Waals surface area contributed by atoms with E-state index in [1.165, 1.54) is 17.8 Å². The monoisotopic (exact) mass is 372 g/mol. The second kappa shape index (κ2) is 8.21. The lowest BCUT2D eigenvalue weighted by Gasteiger charge is -2.28. The van der Waals surface area contributed by atoms with Crippen LogP contribution in [-0.4, -0.2) is 46.1 Å². The van der Waals surface area contributed by atoms with E-state index in [9.17, 15) is 9.18 Å². The quantitative estimate of drug-likeness (QED) is 0.781. The van der Waals surface area contributed by atoms with Crippen molar-refractivity contribution in [3.63, 3.8) is 0 Å². The lowest BCUT2D eigenvalue weighted by atomic mass is 10.0. The standard InChI is InChI=1S/C21H29FN4O/c1-15(2)9-12-26-19-10-11-25(13-16-5-7-17(22)8-6-16)14-18(19)20(23-26)21(27)24(3)4/h5-8,15H,9-14H2,1-4H3. The van der Waals surface area contributed by atoms with Crippen LogP contribution in [-0.2, 0) is 26.1 Å². The Morgan fingerprint density at radius 1 is 1.26 bits per heavy atom. The first-order valence-corrected chi connectivity index (χ1v) is 9.62. The van der Waals surface area contributed by atoms with E-state index in [2.05, 4.69) is 23.8 Å². The number of hydrogen-bond donors (Lipinski definition) is 0. The Labute approximate surface area is 160 Å². The van der Waals surface area contributed by atoms with Gasteiger partial charge in [-0.15, -0.1) is 0 Å². The predicted molar refractivity (Wildman–Crippen MR) is 104 cm³/mol. The summed E-state index contributed by atoms with van der Waals surface area (Å²) in [5.41, 5.74) is 3.89. The van der Waals surface area contributed by atoms with Crippen LogP contribution in [0.25, 0.3) is 0 Å². The fraction of sp³-hybridized carbons (Fsp3) is 0.524. The van der Waals surface area contributed by atoms with Gasteiger partial charge >= 0.3 is 0 Å². The first kappa shape index (κ1) is 19.5. The molecule has 6 heteroatoms. The van der Waals surface area contributed by atoms with Gasteiger partial charge in [0.2, 0.25) is 0 Å². The van der Waals surface area contributed by atoms with Gasteiger partial charge in [0.05, 0.1) is 0 Å². The average molecular weight is 372 g/mol. The van der Waals surface area contributed by atoms with Crippen molar-refractivity contribution in [2.45, 2.75) is 46.3 Å². The van der Waals surface area contributed by atoms with Gasteiger partial charge in [0.25, 0.3) is 5.91 Å². The van der Waals surface area contributed by atoms with Crippen LogP contribution < -0.4 is 0 Å². The maximum absolute atomic E-state index is 13.1. The van der Waals surface area contributed by atoms with E-state index in [0.717, 1.165) is 43.6 Å². The summed E-state index contributed by atoms with van der Waals surface area (Å²) in [6, 6.07) is 6.64. The highest BCUT2D eigenvalue weighted by Crippen LogP contribution is 2.25. The topological polar surface area (TPSA) is 41.4 Å². The molecule has 0 fully saturated rings. The lowest BCUT2D eigenvalue weighted by molar-refractivity contribution is 0.0818. The van der Waals surface area contributed by atoms with E-state index in [-0.39, 0.29) is 11.7 Å². The van der Waals surface area contributed by atoms with Crippen LogP contribution >= 0.6 is 0 Å². The van der Waals surface area contributed by atoms with Gasteiger partial charge in [-0.25, -0.2) is 4.39 Å². The molecule has 0 spiro atoms. The van der Waals surface area contributed by atoms with E-state index in [4.69, 9.17) is 0 Å². The summed E-state index contributed by atoms with van der Waals surface area (Å²) >= 11 is 0. The molecule has 5 nitrogen and oxygen atoms in total. The molecule has 1 aromatic carbocycles. The van der Waals surface area contributed by atoms with Crippen LogP contribution in [0.5, 0.6) is 0 Å². The molecule has 1 aromatic heterocycles. The molecular weight excluding hydrogens is 343 g/mol. The molecule has 0 radical (unpaired) electrons. The zero-order valence-corrected chi connectivity index (χ0v) is 16.7. The average Bonchev–Trinajstić information content (AvgIpc) is 2.99. The molecule has 1 aliphatic heterocycles. The van der Waals surface area contributed by atoms with Crippen molar-refractivity contribution in [3.05, 3.63) is 52.6 Å². The third-order valence-electron chi connectivity index (χ3n) is 5.06. The Morgan fingerprint density at radius 3 is 2.59 bits per heavy atom. The van der Waals surface area contributed by atoms with Crippen LogP contribution in [0.2, 0.25) is 0 Å². The molecule has 0 atom stereocenters. The normalized spacial score (nSPS) is 14.4. The highest BCUT2D eigenvalue weighted by Gasteiger charge is 2.28. The Balaban J connectivity index is 1.83. The maximum Gasteiger partial charge on any atom is 0.274 e. The molecule has 146 valence electrons. The molecule has 0 aliphatic carbocycles. The van der Waals surface area contributed by atoms with Crippen molar-refractivity contribution in [2.75, 3.05) is 20.6 Å². The zero-order chi connectivity index (χ0) is 19.6. The van der Waals surface area contributed by atoms with Crippen LogP contribution in [0.3, 0.4) is 0 Å². The predicted octanol–water partition coefficient (Wildman–Crippen LogP) is 3.33. The van der Waals surface area contributed by atoms with Gasteiger partial charge in [0.1, 0.15) is 5.82 Å². The fourth-order valence-corrected chi connectivity index (χ4v) is 3.48. The summed E-state index contributed by atoms with van der Waals surface area (Å²) in [5, 5.41) is 4.69. The van der Waals surface area contributed by atoms with Gasteiger partial charge in [-0.2, -0.15) is 5.10 Å². The van der Waals surface area contributed by atoms with Crippen molar-refractivity contribution in [1.82, 2.24) is 19.6 Å². The highest BCUT2D eigenvalue weighted by molar-refractivity contribution is 5.93. The van der Waals surface area contributed by atoms with E-state index in [0.29, 0.717) is 18.2 Å². The number of nitrogens with zero attached hydrogens (tertiary/aromatic N) is 4. The molecule has 0 saturated heterocycles. The Bertz CT molecular complexity index is 795. The minimum atomic E-state index is -0.218. The summed E-state index contributed by atoms with van der Waals surface area (Å²) in [6.45, 7) is 7.60. The molecule has 27 heavy (non-hydrogen) atoms. The summed E-state index contributed by atoms with van der Waals surface area (Å²) in [4.78, 5) is 16.6. The number of aromatic nitrogens is 2. The number of aryl methyl sites for hydroxylation is 1. The number of carbonyl (C=O) groups is 1. The van der Waals surface area contributed by atoms with Gasteiger partial charge in [-0.3, -0.25) is 14.4 Å². The Hall–Kier alpha value is -2.21. The van der Waals surface area contributed by atoms with Gasteiger partial charge in [-0.05, 0) is 30.0 Å². The number of hydrogen-bond acceptors (Lipinski definition) is 3. The fourth-order valence-electron chi connectivity index (χ4n) is 3.48. The lowest BCUT2D eigenvalue weighted by Crippen LogP contribution is -2.32. The van der Waals surface area contributed by atoms with Gasteiger partial charge in [-0.1, -0.05) is 26.0 Å². The molecular formula is C21H29FN4O. The zero-order valence-electron chi connectivity index (χ0n) is 16.7. The molecule has 1 aliphatic rings. The third kappa shape index (κ3) is 4.56. The second-order valence-corrected chi connectivity index (χ2v) is 7.97. The van der Waals surface area contributed by atoms with Crippen LogP contribution in [0.4, 0.5) is 4.39 Å². The molecule has 2 aromatic rings. The Kier molecular flexibility index (Phi) is 5.95. The van der Waals surface area contributed by atoms with E-state index in [1.54, 1.807) is 19.0 Å². The van der Waals surface area contributed by atoms with Crippen LogP contribution in [0, 0.1) is 11.7 Å². The molecule has 0 saturated carbocycles. The van der Waals surface area contributed by atoms with E-state index >= 15 is 0 Å². The van der Waals surface area contributed by atoms with Gasteiger partial charge in [0, 0.05) is 58.0 Å². The number of rotatable bonds is 6. The molecule has 2 heterocycles. The summed E-state index contributed by atoms with van der Waals surface area (Å²) < 4.78 is 15.2. The first-order valence-electron chi connectivity index (χ1n) is 9.62. The number of carbonyl (C=O) groups excluding carboxylic acids is 1. The van der Waals surface area contributed by atoms with Crippen molar-refractivity contribution < 1.29 is 9.18 Å². The van der Waals surface area contributed by atoms with Gasteiger partial charge < -0.3 is 4.90 Å². The SMILES string of the molecule is CC(C)CCn1nc(C(=O)N(C)C)c2c1CCN(Cc1ccc(F)cc1)C2. The van der Waals surface area contributed by atoms with Crippen molar-refractivity contribution in [1.29, 1.82) is 0 Å². The molecule has 0 bridgehead atoms. The van der Waals surface area contributed by atoms with Crippen molar-refractivity contribution >= 4 is 5.91 Å². The molecule has 0 N–H and O–H groups in total. The van der Waals surface area contributed by atoms with E-state index < -0.39 is 0 Å². The third-order valence-corrected chi connectivity index (χ3v) is 5.06.